The van der Waals surface area contributed by atoms with Crippen molar-refractivity contribution in [2.24, 2.45) is 0 Å². The molecule has 0 spiro atoms. The number of nitrogens with zero attached hydrogens (tertiary/aromatic N) is 1. The summed E-state index contributed by atoms with van der Waals surface area (Å²) in [5.74, 6) is 0.0446. The molecular formula is C21H24ClNO3. The van der Waals surface area contributed by atoms with Crippen LogP contribution in [0.3, 0.4) is 0 Å². The number of halogens is 1. The Hall–Kier alpha value is -2.04. The number of carbonyl (C=O) groups is 1. The van der Waals surface area contributed by atoms with Crippen LogP contribution in [0.4, 0.5) is 0 Å². The number of hydrogen-bond donors (Lipinski definition) is 1. The van der Waals surface area contributed by atoms with E-state index in [4.69, 9.17) is 16.3 Å². The maximum Gasteiger partial charge on any atom is 0.320 e. The van der Waals surface area contributed by atoms with Crippen molar-refractivity contribution in [3.63, 3.8) is 0 Å². The van der Waals surface area contributed by atoms with Gasteiger partial charge in [0.1, 0.15) is 18.4 Å². The Morgan fingerprint density at radius 3 is 2.77 bits per heavy atom. The second kappa shape index (κ2) is 8.56. The van der Waals surface area contributed by atoms with Crippen LogP contribution in [0.1, 0.15) is 36.0 Å². The Bertz CT molecular complexity index is 763. The second-order valence-electron chi connectivity index (χ2n) is 6.81. The van der Waals surface area contributed by atoms with Gasteiger partial charge < -0.3 is 9.84 Å². The van der Waals surface area contributed by atoms with Crippen LogP contribution in [-0.2, 0) is 17.9 Å². The number of carboxylic acids is 1. The molecule has 1 atom stereocenters. The van der Waals surface area contributed by atoms with Gasteiger partial charge in [0, 0.05) is 17.1 Å². The molecule has 1 unspecified atom stereocenters. The van der Waals surface area contributed by atoms with Gasteiger partial charge in [0.15, 0.2) is 0 Å². The van der Waals surface area contributed by atoms with Gasteiger partial charge in [-0.25, -0.2) is 0 Å². The van der Waals surface area contributed by atoms with Gasteiger partial charge in [0.2, 0.25) is 0 Å². The first-order valence-electron chi connectivity index (χ1n) is 8.97. The first-order chi connectivity index (χ1) is 12.5. The van der Waals surface area contributed by atoms with Gasteiger partial charge in [-0.05, 0) is 49.6 Å². The Morgan fingerprint density at radius 1 is 1.27 bits per heavy atom. The van der Waals surface area contributed by atoms with Crippen molar-refractivity contribution >= 4 is 17.6 Å². The number of aryl methyl sites for hydroxylation is 1. The first-order valence-corrected chi connectivity index (χ1v) is 9.35. The minimum atomic E-state index is -0.754. The van der Waals surface area contributed by atoms with Crippen LogP contribution >= 0.6 is 11.6 Å². The number of aliphatic carboxylic acids is 1. The molecule has 0 amide bonds. The molecule has 2 aromatic carbocycles. The van der Waals surface area contributed by atoms with Crippen molar-refractivity contribution < 1.29 is 14.6 Å². The van der Waals surface area contributed by atoms with Gasteiger partial charge in [0.25, 0.3) is 0 Å². The SMILES string of the molecule is Cc1cc(Cl)cc(CN2CCCCC2C(=O)O)c1OCc1ccccc1. The summed E-state index contributed by atoms with van der Waals surface area (Å²) >= 11 is 6.27. The predicted molar refractivity (Wildman–Crippen MR) is 103 cm³/mol. The van der Waals surface area contributed by atoms with E-state index < -0.39 is 12.0 Å². The number of ether oxygens (including phenoxy) is 1. The molecule has 0 saturated carbocycles. The largest absolute Gasteiger partial charge is 0.488 e. The summed E-state index contributed by atoms with van der Waals surface area (Å²) in [6.07, 6.45) is 2.66. The molecule has 1 aliphatic heterocycles. The third-order valence-corrected chi connectivity index (χ3v) is 5.03. The second-order valence-corrected chi connectivity index (χ2v) is 7.24. The smallest absolute Gasteiger partial charge is 0.320 e. The Balaban J connectivity index is 1.82. The van der Waals surface area contributed by atoms with Gasteiger partial charge in [0.05, 0.1) is 0 Å². The van der Waals surface area contributed by atoms with Crippen LogP contribution in [0, 0.1) is 6.92 Å². The summed E-state index contributed by atoms with van der Waals surface area (Å²) in [5.41, 5.74) is 3.00. The van der Waals surface area contributed by atoms with E-state index in [2.05, 4.69) is 0 Å². The molecule has 5 heteroatoms. The molecular weight excluding hydrogens is 350 g/mol. The third-order valence-electron chi connectivity index (χ3n) is 4.81. The summed E-state index contributed by atoms with van der Waals surface area (Å²) in [6.45, 7) is 3.75. The van der Waals surface area contributed by atoms with E-state index in [0.717, 1.165) is 41.8 Å². The molecule has 3 rings (SSSR count). The predicted octanol–water partition coefficient (Wildman–Crippen LogP) is 4.67. The minimum Gasteiger partial charge on any atom is -0.488 e. The molecule has 1 aliphatic rings. The maximum absolute atomic E-state index is 11.6. The highest BCUT2D eigenvalue weighted by atomic mass is 35.5. The lowest BCUT2D eigenvalue weighted by Gasteiger charge is -2.33. The van der Waals surface area contributed by atoms with Gasteiger partial charge >= 0.3 is 5.97 Å². The van der Waals surface area contributed by atoms with Crippen molar-refractivity contribution in [1.82, 2.24) is 4.90 Å². The van der Waals surface area contributed by atoms with Gasteiger partial charge in [-0.2, -0.15) is 0 Å². The fourth-order valence-electron chi connectivity index (χ4n) is 3.53. The van der Waals surface area contributed by atoms with Crippen molar-refractivity contribution in [3.05, 3.63) is 64.2 Å². The van der Waals surface area contributed by atoms with Crippen LogP contribution in [-0.4, -0.2) is 28.6 Å². The number of carboxylic acid groups (broad SMARTS) is 1. The molecule has 0 radical (unpaired) electrons. The van der Waals surface area contributed by atoms with Crippen LogP contribution in [0.15, 0.2) is 42.5 Å². The van der Waals surface area contributed by atoms with E-state index >= 15 is 0 Å². The lowest BCUT2D eigenvalue weighted by atomic mass is 10.0. The topological polar surface area (TPSA) is 49.8 Å². The number of likely N-dealkylation sites (tertiary alicyclic amines) is 1. The van der Waals surface area contributed by atoms with Gasteiger partial charge in [-0.3, -0.25) is 9.69 Å². The summed E-state index contributed by atoms with van der Waals surface area (Å²) in [4.78, 5) is 13.6. The average Bonchev–Trinajstić information content (AvgIpc) is 2.62. The Labute approximate surface area is 159 Å². The van der Waals surface area contributed by atoms with Crippen LogP contribution in [0.5, 0.6) is 5.75 Å². The quantitative estimate of drug-likeness (QED) is 0.799. The van der Waals surface area contributed by atoms with Crippen molar-refractivity contribution in [1.29, 1.82) is 0 Å². The normalized spacial score (nSPS) is 17.8. The molecule has 1 saturated heterocycles. The minimum absolute atomic E-state index is 0.440. The Kier molecular flexibility index (Phi) is 6.17. The van der Waals surface area contributed by atoms with Crippen molar-refractivity contribution in [3.8, 4) is 5.75 Å². The van der Waals surface area contributed by atoms with E-state index in [0.29, 0.717) is 24.6 Å². The van der Waals surface area contributed by atoms with E-state index in [1.54, 1.807) is 0 Å². The van der Waals surface area contributed by atoms with E-state index in [1.807, 2.05) is 54.3 Å². The first kappa shape index (κ1) is 18.7. The summed E-state index contributed by atoms with van der Waals surface area (Å²) in [7, 11) is 0. The molecule has 0 aromatic heterocycles. The fraction of sp³-hybridized carbons (Fsp3) is 0.381. The highest BCUT2D eigenvalue weighted by Gasteiger charge is 2.29. The molecule has 1 heterocycles. The average molecular weight is 374 g/mol. The number of benzene rings is 2. The highest BCUT2D eigenvalue weighted by molar-refractivity contribution is 6.30. The van der Waals surface area contributed by atoms with Gasteiger partial charge in [-0.1, -0.05) is 48.4 Å². The molecule has 4 nitrogen and oxygen atoms in total. The molecule has 138 valence electrons. The number of rotatable bonds is 6. The summed E-state index contributed by atoms with van der Waals surface area (Å²) < 4.78 is 6.11. The summed E-state index contributed by atoms with van der Waals surface area (Å²) in [5, 5.41) is 10.2. The molecule has 0 aliphatic carbocycles. The maximum atomic E-state index is 11.6. The van der Waals surface area contributed by atoms with Gasteiger partial charge in [-0.15, -0.1) is 0 Å². The molecule has 26 heavy (non-hydrogen) atoms. The van der Waals surface area contributed by atoms with Crippen LogP contribution in [0.25, 0.3) is 0 Å². The van der Waals surface area contributed by atoms with E-state index in [-0.39, 0.29) is 0 Å². The zero-order chi connectivity index (χ0) is 18.5. The fourth-order valence-corrected chi connectivity index (χ4v) is 3.83. The number of piperidine rings is 1. The van der Waals surface area contributed by atoms with Crippen LogP contribution in [0.2, 0.25) is 5.02 Å². The zero-order valence-electron chi connectivity index (χ0n) is 15.0. The highest BCUT2D eigenvalue weighted by Crippen LogP contribution is 2.31. The molecule has 0 bridgehead atoms. The third kappa shape index (κ3) is 4.57. The molecule has 1 fully saturated rings. The van der Waals surface area contributed by atoms with Crippen molar-refractivity contribution in [2.75, 3.05) is 6.54 Å². The zero-order valence-corrected chi connectivity index (χ0v) is 15.7. The number of hydrogen-bond acceptors (Lipinski definition) is 3. The lowest BCUT2D eigenvalue weighted by Crippen LogP contribution is -2.44. The van der Waals surface area contributed by atoms with E-state index in [9.17, 15) is 9.90 Å². The Morgan fingerprint density at radius 2 is 2.04 bits per heavy atom. The molecule has 2 aromatic rings. The monoisotopic (exact) mass is 373 g/mol. The van der Waals surface area contributed by atoms with Crippen LogP contribution < -0.4 is 4.74 Å². The van der Waals surface area contributed by atoms with E-state index in [1.165, 1.54) is 0 Å². The summed E-state index contributed by atoms with van der Waals surface area (Å²) in [6, 6.07) is 13.3. The van der Waals surface area contributed by atoms with Crippen molar-refractivity contribution in [2.45, 2.75) is 45.4 Å². The lowest BCUT2D eigenvalue weighted by molar-refractivity contribution is -0.144. The standard InChI is InChI=1S/C21H24ClNO3/c1-15-11-18(22)12-17(13-23-10-6-5-9-19(23)21(24)25)20(15)26-14-16-7-3-2-4-8-16/h2-4,7-8,11-12,19H,5-6,9-10,13-14H2,1H3,(H,24,25). The molecule has 1 N–H and O–H groups in total.